The third-order valence-corrected chi connectivity index (χ3v) is 4.07. The molecule has 2 rings (SSSR count). The van der Waals surface area contributed by atoms with E-state index in [9.17, 15) is 0 Å². The first-order valence-corrected chi connectivity index (χ1v) is 7.84. The fourth-order valence-electron chi connectivity index (χ4n) is 2.27. The summed E-state index contributed by atoms with van der Waals surface area (Å²) >= 11 is 1.67. The number of benzene rings is 1. The largest absolute Gasteiger partial charge is 0.316 e. The van der Waals surface area contributed by atoms with Gasteiger partial charge in [-0.1, -0.05) is 44.2 Å². The lowest BCUT2D eigenvalue weighted by Crippen LogP contribution is -2.26. The van der Waals surface area contributed by atoms with E-state index in [1.54, 1.807) is 11.3 Å². The minimum Gasteiger partial charge on any atom is -0.316 e. The van der Waals surface area contributed by atoms with Gasteiger partial charge >= 0.3 is 0 Å². The van der Waals surface area contributed by atoms with Gasteiger partial charge in [-0.25, -0.2) is 4.98 Å². The summed E-state index contributed by atoms with van der Waals surface area (Å²) in [7, 11) is 0. The highest BCUT2D eigenvalue weighted by molar-refractivity contribution is 7.07. The van der Waals surface area contributed by atoms with Crippen LogP contribution in [-0.2, 0) is 6.42 Å². The van der Waals surface area contributed by atoms with Crippen LogP contribution in [0.2, 0.25) is 0 Å². The second-order valence-electron chi connectivity index (χ2n) is 5.20. The Hall–Kier alpha value is -1.19. The van der Waals surface area contributed by atoms with Crippen molar-refractivity contribution in [3.8, 4) is 0 Å². The molecule has 2 aromatic rings. The average Bonchev–Trinajstić information content (AvgIpc) is 2.92. The summed E-state index contributed by atoms with van der Waals surface area (Å²) in [4.78, 5) is 4.30. The molecule has 0 aliphatic heterocycles. The Balaban J connectivity index is 1.81. The van der Waals surface area contributed by atoms with E-state index in [0.29, 0.717) is 11.8 Å². The molecule has 2 nitrogen and oxygen atoms in total. The summed E-state index contributed by atoms with van der Waals surface area (Å²) in [5.74, 6) is 1.23. The molecule has 1 aromatic carbocycles. The van der Waals surface area contributed by atoms with E-state index in [0.717, 1.165) is 19.5 Å². The Morgan fingerprint density at radius 1 is 1.21 bits per heavy atom. The van der Waals surface area contributed by atoms with E-state index in [1.165, 1.54) is 11.3 Å². The second-order valence-corrected chi connectivity index (χ2v) is 5.91. The maximum absolute atomic E-state index is 4.30. The predicted molar refractivity (Wildman–Crippen MR) is 82.7 cm³/mol. The van der Waals surface area contributed by atoms with Crippen molar-refractivity contribution < 1.29 is 0 Å². The number of rotatable bonds is 7. The van der Waals surface area contributed by atoms with Crippen molar-refractivity contribution in [3.63, 3.8) is 0 Å². The van der Waals surface area contributed by atoms with E-state index in [1.807, 2.05) is 5.51 Å². The van der Waals surface area contributed by atoms with E-state index < -0.39 is 0 Å². The van der Waals surface area contributed by atoms with Crippen LogP contribution in [0.3, 0.4) is 0 Å². The number of hydrogen-bond donors (Lipinski definition) is 1. The molecule has 0 amide bonds. The van der Waals surface area contributed by atoms with Gasteiger partial charge in [0.15, 0.2) is 0 Å². The van der Waals surface area contributed by atoms with E-state index in [4.69, 9.17) is 0 Å². The lowest BCUT2D eigenvalue weighted by Gasteiger charge is -2.21. The average molecular weight is 274 g/mol. The molecule has 1 atom stereocenters. The van der Waals surface area contributed by atoms with Crippen molar-refractivity contribution in [2.75, 3.05) is 13.1 Å². The summed E-state index contributed by atoms with van der Waals surface area (Å²) in [6.45, 7) is 6.62. The molecule has 102 valence electrons. The molecule has 3 heteroatoms. The third-order valence-electron chi connectivity index (χ3n) is 3.44. The zero-order valence-corrected chi connectivity index (χ0v) is 12.5. The zero-order chi connectivity index (χ0) is 13.5. The van der Waals surface area contributed by atoms with Gasteiger partial charge in [-0.15, -0.1) is 11.3 Å². The summed E-state index contributed by atoms with van der Waals surface area (Å²) in [6, 6.07) is 10.8. The van der Waals surface area contributed by atoms with Crippen LogP contribution in [0.15, 0.2) is 41.2 Å². The van der Waals surface area contributed by atoms with Crippen LogP contribution in [0.4, 0.5) is 0 Å². The first-order valence-electron chi connectivity index (χ1n) is 6.90. The van der Waals surface area contributed by atoms with Crippen molar-refractivity contribution in [1.29, 1.82) is 0 Å². The van der Waals surface area contributed by atoms with E-state index in [2.05, 4.69) is 59.9 Å². The van der Waals surface area contributed by atoms with Crippen LogP contribution in [0.5, 0.6) is 0 Å². The third kappa shape index (κ3) is 4.44. The van der Waals surface area contributed by atoms with Crippen LogP contribution < -0.4 is 5.32 Å². The van der Waals surface area contributed by atoms with Gasteiger partial charge in [0, 0.05) is 24.9 Å². The molecule has 1 heterocycles. The molecule has 1 N–H and O–H groups in total. The Bertz CT molecular complexity index is 451. The highest BCUT2D eigenvalue weighted by atomic mass is 32.1. The maximum atomic E-state index is 4.30. The predicted octanol–water partition coefficient (Wildman–Crippen LogP) is 3.72. The molecular formula is C16H22N2S. The van der Waals surface area contributed by atoms with Gasteiger partial charge in [-0.2, -0.15) is 0 Å². The van der Waals surface area contributed by atoms with E-state index in [-0.39, 0.29) is 0 Å². The normalized spacial score (nSPS) is 12.8. The first kappa shape index (κ1) is 14.2. The van der Waals surface area contributed by atoms with Crippen LogP contribution in [0.1, 0.15) is 31.0 Å². The molecule has 19 heavy (non-hydrogen) atoms. The quantitative estimate of drug-likeness (QED) is 0.778. The molecular weight excluding hydrogens is 252 g/mol. The Morgan fingerprint density at radius 3 is 2.63 bits per heavy atom. The summed E-state index contributed by atoms with van der Waals surface area (Å²) in [6.07, 6.45) is 1.02. The van der Waals surface area contributed by atoms with Gasteiger partial charge in [0.1, 0.15) is 0 Å². The van der Waals surface area contributed by atoms with E-state index >= 15 is 0 Å². The van der Waals surface area contributed by atoms with Gasteiger partial charge in [0.25, 0.3) is 0 Å². The van der Waals surface area contributed by atoms with Crippen molar-refractivity contribution in [2.24, 2.45) is 5.92 Å². The minimum absolute atomic E-state index is 0.580. The smallest absolute Gasteiger partial charge is 0.0794 e. The lowest BCUT2D eigenvalue weighted by atomic mass is 9.88. The monoisotopic (exact) mass is 274 g/mol. The zero-order valence-electron chi connectivity index (χ0n) is 11.7. The van der Waals surface area contributed by atoms with Crippen molar-refractivity contribution >= 4 is 11.3 Å². The van der Waals surface area contributed by atoms with Gasteiger partial charge in [-0.3, -0.25) is 0 Å². The Morgan fingerprint density at radius 2 is 2.00 bits per heavy atom. The molecule has 0 radical (unpaired) electrons. The molecule has 0 aliphatic carbocycles. The standard InChI is InChI=1S/C16H22N2S/c1-13(2)16(14-6-4-3-5-7-14)10-17-9-8-15-11-19-12-18-15/h3-7,11-13,16-17H,8-10H2,1-2H3. The molecule has 1 unspecified atom stereocenters. The number of hydrogen-bond acceptors (Lipinski definition) is 3. The van der Waals surface area contributed by atoms with Crippen molar-refractivity contribution in [1.82, 2.24) is 10.3 Å². The molecule has 0 saturated carbocycles. The van der Waals surface area contributed by atoms with Crippen LogP contribution >= 0.6 is 11.3 Å². The SMILES string of the molecule is CC(C)C(CNCCc1cscn1)c1ccccc1. The second kappa shape index (κ2) is 7.41. The highest BCUT2D eigenvalue weighted by Crippen LogP contribution is 2.23. The molecule has 0 bridgehead atoms. The number of thiazole rings is 1. The number of aromatic nitrogens is 1. The fourth-order valence-corrected chi connectivity index (χ4v) is 2.87. The summed E-state index contributed by atoms with van der Waals surface area (Å²) in [5.41, 5.74) is 4.52. The first-order chi connectivity index (χ1) is 9.27. The van der Waals surface area contributed by atoms with Crippen LogP contribution in [-0.4, -0.2) is 18.1 Å². The van der Waals surface area contributed by atoms with Crippen LogP contribution in [0, 0.1) is 5.92 Å². The minimum atomic E-state index is 0.580. The van der Waals surface area contributed by atoms with Gasteiger partial charge in [-0.05, 0) is 17.4 Å². The van der Waals surface area contributed by atoms with Gasteiger partial charge in [0.2, 0.25) is 0 Å². The maximum Gasteiger partial charge on any atom is 0.0794 e. The van der Waals surface area contributed by atoms with Crippen LogP contribution in [0.25, 0.3) is 0 Å². The molecule has 1 aromatic heterocycles. The topological polar surface area (TPSA) is 24.9 Å². The van der Waals surface area contributed by atoms with Gasteiger partial charge < -0.3 is 5.32 Å². The highest BCUT2D eigenvalue weighted by Gasteiger charge is 2.14. The summed E-state index contributed by atoms with van der Waals surface area (Å²) < 4.78 is 0. The van der Waals surface area contributed by atoms with Crippen molar-refractivity contribution in [3.05, 3.63) is 52.5 Å². The molecule has 0 spiro atoms. The number of nitrogens with one attached hydrogen (secondary N) is 1. The lowest BCUT2D eigenvalue weighted by molar-refractivity contribution is 0.463. The Kier molecular flexibility index (Phi) is 5.55. The summed E-state index contributed by atoms with van der Waals surface area (Å²) in [5, 5.41) is 5.69. The number of nitrogens with zero attached hydrogens (tertiary/aromatic N) is 1. The van der Waals surface area contributed by atoms with Crippen molar-refractivity contribution in [2.45, 2.75) is 26.2 Å². The van der Waals surface area contributed by atoms with Gasteiger partial charge in [0.05, 0.1) is 11.2 Å². The molecule has 0 aliphatic rings. The molecule has 0 saturated heterocycles. The molecule has 0 fully saturated rings. The fraction of sp³-hybridized carbons (Fsp3) is 0.438. The Labute approximate surface area is 119 Å².